The summed E-state index contributed by atoms with van der Waals surface area (Å²) in [5, 5.41) is 11.9. The van der Waals surface area contributed by atoms with Gasteiger partial charge in [-0.05, 0) is 43.3 Å². The molecule has 0 radical (unpaired) electrons. The van der Waals surface area contributed by atoms with Gasteiger partial charge < -0.3 is 15.0 Å². The maximum absolute atomic E-state index is 12.4. The molecule has 0 saturated heterocycles. The average molecular weight is 360 g/mol. The van der Waals surface area contributed by atoms with E-state index in [2.05, 4.69) is 10.1 Å². The number of nitrogens with zero attached hydrogens (tertiary/aromatic N) is 1. The second-order valence-electron chi connectivity index (χ2n) is 5.91. The Morgan fingerprint density at radius 3 is 2.50 bits per heavy atom. The van der Waals surface area contributed by atoms with Gasteiger partial charge >= 0.3 is 6.61 Å². The Kier molecular flexibility index (Phi) is 6.64. The number of nitrogens with one attached hydrogen (secondary N) is 2. The first kappa shape index (κ1) is 19.3. The van der Waals surface area contributed by atoms with Crippen molar-refractivity contribution < 1.29 is 23.2 Å². The smallest absolute Gasteiger partial charge is 0.387 e. The van der Waals surface area contributed by atoms with Crippen molar-refractivity contribution in [2.45, 2.75) is 26.1 Å². The fourth-order valence-corrected chi connectivity index (χ4v) is 2.42. The molecule has 0 aliphatic heterocycles. The van der Waals surface area contributed by atoms with Gasteiger partial charge in [0.2, 0.25) is 0 Å². The van der Waals surface area contributed by atoms with E-state index in [0.717, 1.165) is 10.5 Å². The van der Waals surface area contributed by atoms with Crippen LogP contribution in [-0.2, 0) is 11.3 Å². The predicted octanol–water partition coefficient (Wildman–Crippen LogP) is 2.20. The van der Waals surface area contributed by atoms with E-state index in [1.807, 2.05) is 13.1 Å². The number of anilines is 1. The summed E-state index contributed by atoms with van der Waals surface area (Å²) in [6.45, 7) is -0.536. The minimum absolute atomic E-state index is 0.0975. The molecule has 2 atom stereocenters. The Labute approximate surface area is 150 Å². The number of hydrogen-bond acceptors (Lipinski definition) is 3. The lowest BCUT2D eigenvalue weighted by molar-refractivity contribution is -0.907. The molecule has 2 aromatic rings. The van der Waals surface area contributed by atoms with E-state index in [9.17, 15) is 13.6 Å². The number of alkyl halides is 2. The first-order valence-corrected chi connectivity index (χ1v) is 8.06. The maximum atomic E-state index is 12.4. The van der Waals surface area contributed by atoms with Crippen molar-refractivity contribution in [2.24, 2.45) is 0 Å². The van der Waals surface area contributed by atoms with E-state index in [-0.39, 0.29) is 17.7 Å². The summed E-state index contributed by atoms with van der Waals surface area (Å²) < 4.78 is 28.7. The SMILES string of the molecule is C[C@H](C(=O)Nc1ccccc1C#N)[NH+](C)Cc1ccc(OC(F)F)cc1. The van der Waals surface area contributed by atoms with E-state index in [0.29, 0.717) is 17.8 Å². The Morgan fingerprint density at radius 2 is 1.88 bits per heavy atom. The number of ether oxygens (including phenoxy) is 1. The van der Waals surface area contributed by atoms with Crippen LogP contribution in [0.15, 0.2) is 48.5 Å². The van der Waals surface area contributed by atoms with E-state index < -0.39 is 6.61 Å². The molecule has 0 aromatic heterocycles. The van der Waals surface area contributed by atoms with Crippen molar-refractivity contribution in [3.63, 3.8) is 0 Å². The van der Waals surface area contributed by atoms with Crippen molar-refractivity contribution >= 4 is 11.6 Å². The third kappa shape index (κ3) is 5.26. The first-order chi connectivity index (χ1) is 12.4. The Morgan fingerprint density at radius 1 is 1.23 bits per heavy atom. The summed E-state index contributed by atoms with van der Waals surface area (Å²) in [5.41, 5.74) is 1.77. The fraction of sp³-hybridized carbons (Fsp3) is 0.263. The molecule has 0 aliphatic carbocycles. The molecule has 1 amide bonds. The zero-order valence-corrected chi connectivity index (χ0v) is 14.5. The van der Waals surface area contributed by atoms with Gasteiger partial charge in [-0.2, -0.15) is 14.0 Å². The van der Waals surface area contributed by atoms with Crippen LogP contribution in [0, 0.1) is 11.3 Å². The molecule has 7 heteroatoms. The standard InChI is InChI=1S/C19H19F2N3O2/c1-13(18(25)23-17-6-4-3-5-15(17)11-22)24(2)12-14-7-9-16(10-8-14)26-19(20)21/h3-10,13,19H,12H2,1-2H3,(H,23,25)/p+1/t13-/m1/s1. The topological polar surface area (TPSA) is 66.6 Å². The molecule has 2 aromatic carbocycles. The highest BCUT2D eigenvalue weighted by Crippen LogP contribution is 2.15. The molecule has 0 saturated carbocycles. The molecule has 1 unspecified atom stereocenters. The third-order valence-electron chi connectivity index (χ3n) is 4.07. The van der Waals surface area contributed by atoms with Gasteiger partial charge in [-0.15, -0.1) is 0 Å². The van der Waals surface area contributed by atoms with Crippen molar-refractivity contribution in [3.05, 3.63) is 59.7 Å². The zero-order valence-electron chi connectivity index (χ0n) is 14.5. The number of likely N-dealkylation sites (N-methyl/N-ethyl adjacent to an activating group) is 1. The number of benzene rings is 2. The van der Waals surface area contributed by atoms with Gasteiger partial charge in [0.05, 0.1) is 18.3 Å². The highest BCUT2D eigenvalue weighted by molar-refractivity contribution is 5.94. The summed E-state index contributed by atoms with van der Waals surface area (Å²) in [7, 11) is 1.87. The van der Waals surface area contributed by atoms with Crippen molar-refractivity contribution in [2.75, 3.05) is 12.4 Å². The highest BCUT2D eigenvalue weighted by Gasteiger charge is 2.22. The van der Waals surface area contributed by atoms with Gasteiger partial charge in [-0.1, -0.05) is 12.1 Å². The first-order valence-electron chi connectivity index (χ1n) is 8.06. The van der Waals surface area contributed by atoms with Crippen LogP contribution in [-0.4, -0.2) is 25.6 Å². The molecule has 0 aliphatic rings. The largest absolute Gasteiger partial charge is 0.435 e. The van der Waals surface area contributed by atoms with Gasteiger partial charge in [0.25, 0.3) is 5.91 Å². The lowest BCUT2D eigenvalue weighted by atomic mass is 10.1. The van der Waals surface area contributed by atoms with Gasteiger partial charge in [0.1, 0.15) is 18.4 Å². The van der Waals surface area contributed by atoms with E-state index in [1.54, 1.807) is 43.3 Å². The van der Waals surface area contributed by atoms with E-state index >= 15 is 0 Å². The number of nitriles is 1. The number of hydrogen-bond donors (Lipinski definition) is 2. The molecule has 0 fully saturated rings. The highest BCUT2D eigenvalue weighted by atomic mass is 19.3. The van der Waals surface area contributed by atoms with Crippen LogP contribution in [0.3, 0.4) is 0 Å². The molecular formula is C19H20F2N3O2+. The molecule has 5 nitrogen and oxygen atoms in total. The van der Waals surface area contributed by atoms with Crippen molar-refractivity contribution in [1.29, 1.82) is 5.26 Å². The van der Waals surface area contributed by atoms with Crippen LogP contribution < -0.4 is 15.0 Å². The fourth-order valence-electron chi connectivity index (χ4n) is 2.42. The minimum atomic E-state index is -2.85. The lowest BCUT2D eigenvalue weighted by Gasteiger charge is -2.21. The van der Waals surface area contributed by atoms with Crippen LogP contribution in [0.4, 0.5) is 14.5 Å². The second kappa shape index (κ2) is 8.92. The second-order valence-corrected chi connectivity index (χ2v) is 5.91. The molecule has 2 N–H and O–H groups in total. The quantitative estimate of drug-likeness (QED) is 0.796. The number of halogens is 2. The lowest BCUT2D eigenvalue weighted by Crippen LogP contribution is -3.12. The summed E-state index contributed by atoms with van der Waals surface area (Å²) in [6, 6.07) is 14.8. The number of quaternary nitrogens is 1. The van der Waals surface area contributed by atoms with Gasteiger partial charge in [0, 0.05) is 5.56 Å². The molecule has 136 valence electrons. The van der Waals surface area contributed by atoms with Crippen LogP contribution in [0.1, 0.15) is 18.1 Å². The summed E-state index contributed by atoms with van der Waals surface area (Å²) in [5.74, 6) is -0.108. The van der Waals surface area contributed by atoms with Gasteiger partial charge in [-0.25, -0.2) is 0 Å². The molecule has 0 heterocycles. The van der Waals surface area contributed by atoms with Crippen LogP contribution in [0.25, 0.3) is 0 Å². The number of amides is 1. The van der Waals surface area contributed by atoms with Gasteiger partial charge in [-0.3, -0.25) is 4.79 Å². The van der Waals surface area contributed by atoms with Crippen LogP contribution in [0.2, 0.25) is 0 Å². The molecular weight excluding hydrogens is 340 g/mol. The van der Waals surface area contributed by atoms with E-state index in [1.165, 1.54) is 12.1 Å². The minimum Gasteiger partial charge on any atom is -0.435 e. The number of para-hydroxylation sites is 1. The Hall–Kier alpha value is -2.98. The monoisotopic (exact) mass is 360 g/mol. The predicted molar refractivity (Wildman–Crippen MR) is 92.9 cm³/mol. The molecule has 2 rings (SSSR count). The number of carbonyl (C=O) groups excluding carboxylic acids is 1. The number of rotatable bonds is 7. The van der Waals surface area contributed by atoms with Crippen LogP contribution >= 0.6 is 0 Å². The summed E-state index contributed by atoms with van der Waals surface area (Å²) in [6.07, 6.45) is 0. The normalized spacial score (nSPS) is 12.9. The van der Waals surface area contributed by atoms with Crippen molar-refractivity contribution in [3.8, 4) is 11.8 Å². The third-order valence-corrected chi connectivity index (χ3v) is 4.07. The average Bonchev–Trinajstić information content (AvgIpc) is 2.62. The Balaban J connectivity index is 1.97. The maximum Gasteiger partial charge on any atom is 0.387 e. The van der Waals surface area contributed by atoms with E-state index in [4.69, 9.17) is 5.26 Å². The number of carbonyl (C=O) groups is 1. The van der Waals surface area contributed by atoms with Crippen molar-refractivity contribution in [1.82, 2.24) is 0 Å². The summed E-state index contributed by atoms with van der Waals surface area (Å²) in [4.78, 5) is 13.4. The summed E-state index contributed by atoms with van der Waals surface area (Å²) >= 11 is 0. The molecule has 0 bridgehead atoms. The van der Waals surface area contributed by atoms with Gasteiger partial charge in [0.15, 0.2) is 6.04 Å². The molecule has 0 spiro atoms. The molecule has 26 heavy (non-hydrogen) atoms. The zero-order chi connectivity index (χ0) is 19.1. The van der Waals surface area contributed by atoms with Crippen LogP contribution in [0.5, 0.6) is 5.75 Å². The Bertz CT molecular complexity index is 788.